The third-order valence-electron chi connectivity index (χ3n) is 3.57. The normalized spacial score (nSPS) is 16.0. The van der Waals surface area contributed by atoms with Gasteiger partial charge in [0, 0.05) is 5.69 Å². The lowest BCUT2D eigenvalue weighted by atomic mass is 10.2. The monoisotopic (exact) mass is 323 g/mol. The molecule has 1 aromatic heterocycles. The van der Waals surface area contributed by atoms with Crippen molar-refractivity contribution in [3.05, 3.63) is 33.8 Å². The van der Waals surface area contributed by atoms with E-state index in [1.807, 2.05) is 16.8 Å². The molecule has 0 radical (unpaired) electrons. The van der Waals surface area contributed by atoms with Gasteiger partial charge in [0.25, 0.3) is 0 Å². The largest absolute Gasteiger partial charge is 0.370 e. The SMILES string of the molecule is Cc1ccccc1Nc1nn(C[NH+]2CCOCC2)c(=S)s1. The van der Waals surface area contributed by atoms with Crippen LogP contribution in [0.1, 0.15) is 5.56 Å². The van der Waals surface area contributed by atoms with Gasteiger partial charge in [0.05, 0.1) is 13.2 Å². The molecule has 0 spiro atoms. The lowest BCUT2D eigenvalue weighted by Gasteiger charge is -2.23. The molecule has 0 unspecified atom stereocenters. The number of para-hydroxylation sites is 1. The highest BCUT2D eigenvalue weighted by atomic mass is 32.1. The van der Waals surface area contributed by atoms with E-state index in [9.17, 15) is 0 Å². The first kappa shape index (κ1) is 14.6. The number of aryl methyl sites for hydroxylation is 1. The maximum Gasteiger partial charge on any atom is 0.209 e. The van der Waals surface area contributed by atoms with Crippen LogP contribution in [0.2, 0.25) is 0 Å². The van der Waals surface area contributed by atoms with Crippen LogP contribution in [-0.2, 0) is 11.4 Å². The number of nitrogens with one attached hydrogen (secondary N) is 2. The molecule has 0 bridgehead atoms. The van der Waals surface area contributed by atoms with Crippen LogP contribution in [0.5, 0.6) is 0 Å². The van der Waals surface area contributed by atoms with Crippen LogP contribution >= 0.6 is 23.6 Å². The minimum absolute atomic E-state index is 0.810. The van der Waals surface area contributed by atoms with Gasteiger partial charge in [-0.25, -0.2) is 0 Å². The van der Waals surface area contributed by atoms with E-state index in [1.54, 1.807) is 0 Å². The Morgan fingerprint density at radius 3 is 2.90 bits per heavy atom. The summed E-state index contributed by atoms with van der Waals surface area (Å²) in [4.78, 5) is 1.46. The van der Waals surface area contributed by atoms with E-state index < -0.39 is 0 Å². The number of hydrogen-bond donors (Lipinski definition) is 2. The zero-order chi connectivity index (χ0) is 14.7. The molecule has 1 aliphatic rings. The Hall–Kier alpha value is -1.28. The van der Waals surface area contributed by atoms with Crippen LogP contribution in [0.15, 0.2) is 24.3 Å². The van der Waals surface area contributed by atoms with Crippen LogP contribution < -0.4 is 10.2 Å². The van der Waals surface area contributed by atoms with Crippen molar-refractivity contribution in [1.29, 1.82) is 0 Å². The van der Waals surface area contributed by atoms with E-state index >= 15 is 0 Å². The van der Waals surface area contributed by atoms with Gasteiger partial charge < -0.3 is 15.0 Å². The first-order chi connectivity index (χ1) is 10.2. The molecule has 2 aromatic rings. The molecular formula is C14H19N4OS2+. The summed E-state index contributed by atoms with van der Waals surface area (Å²) in [7, 11) is 0. The average Bonchev–Trinajstić information content (AvgIpc) is 2.82. The molecule has 1 aromatic carbocycles. The van der Waals surface area contributed by atoms with E-state index in [0.717, 1.165) is 47.7 Å². The molecule has 0 aliphatic carbocycles. The first-order valence-corrected chi connectivity index (χ1v) is 8.27. The topological polar surface area (TPSA) is 43.5 Å². The molecular weight excluding hydrogens is 304 g/mol. The second-order valence-corrected chi connectivity index (χ2v) is 6.76. The third-order valence-corrected chi connectivity index (χ3v) is 4.79. The molecule has 1 fully saturated rings. The maximum atomic E-state index is 5.42. The van der Waals surface area contributed by atoms with Gasteiger partial charge in [-0.05, 0) is 30.8 Å². The van der Waals surface area contributed by atoms with Gasteiger partial charge >= 0.3 is 0 Å². The van der Waals surface area contributed by atoms with Crippen LogP contribution in [0.4, 0.5) is 10.8 Å². The van der Waals surface area contributed by atoms with Crippen molar-refractivity contribution in [2.75, 3.05) is 31.6 Å². The molecule has 112 valence electrons. The van der Waals surface area contributed by atoms with Gasteiger partial charge in [-0.1, -0.05) is 29.5 Å². The summed E-state index contributed by atoms with van der Waals surface area (Å²) in [6.07, 6.45) is 0. The number of quaternary nitrogens is 1. The number of hydrogen-bond acceptors (Lipinski definition) is 5. The minimum Gasteiger partial charge on any atom is -0.370 e. The van der Waals surface area contributed by atoms with Gasteiger partial charge in [0.1, 0.15) is 13.1 Å². The molecule has 5 nitrogen and oxygen atoms in total. The number of morpholine rings is 1. The van der Waals surface area contributed by atoms with Crippen LogP contribution in [0.25, 0.3) is 0 Å². The highest BCUT2D eigenvalue weighted by Crippen LogP contribution is 2.22. The number of benzene rings is 1. The van der Waals surface area contributed by atoms with E-state index in [1.165, 1.54) is 21.8 Å². The van der Waals surface area contributed by atoms with Crippen LogP contribution in [0, 0.1) is 10.9 Å². The predicted octanol–water partition coefficient (Wildman–Crippen LogP) is 1.60. The van der Waals surface area contributed by atoms with Crippen molar-refractivity contribution >= 4 is 34.4 Å². The zero-order valence-corrected chi connectivity index (χ0v) is 13.6. The smallest absolute Gasteiger partial charge is 0.209 e. The van der Waals surface area contributed by atoms with Crippen molar-refractivity contribution in [2.45, 2.75) is 13.6 Å². The van der Waals surface area contributed by atoms with Crippen LogP contribution in [-0.4, -0.2) is 36.1 Å². The zero-order valence-electron chi connectivity index (χ0n) is 12.0. The van der Waals surface area contributed by atoms with Gasteiger partial charge in [0.15, 0.2) is 10.6 Å². The fraction of sp³-hybridized carbons (Fsp3) is 0.429. The standard InChI is InChI=1S/C14H18N4OS2/c1-11-4-2-3-5-12(11)15-13-16-18(14(20)21-13)10-17-6-8-19-9-7-17/h2-5H,6-10H2,1H3,(H,15,16)/p+1. The molecule has 0 atom stereocenters. The Morgan fingerprint density at radius 1 is 1.38 bits per heavy atom. The summed E-state index contributed by atoms with van der Waals surface area (Å²) in [5, 5.41) is 8.80. The average molecular weight is 323 g/mol. The molecule has 2 N–H and O–H groups in total. The van der Waals surface area contributed by atoms with Crippen molar-refractivity contribution in [2.24, 2.45) is 0 Å². The molecule has 1 aliphatic heterocycles. The Kier molecular flexibility index (Phi) is 4.64. The fourth-order valence-electron chi connectivity index (χ4n) is 2.32. The highest BCUT2D eigenvalue weighted by Gasteiger charge is 2.16. The number of rotatable bonds is 4. The molecule has 3 rings (SSSR count). The summed E-state index contributed by atoms with van der Waals surface area (Å²) >= 11 is 6.94. The quantitative estimate of drug-likeness (QED) is 0.839. The molecule has 0 amide bonds. The Bertz CT molecular complexity index is 661. The highest BCUT2D eigenvalue weighted by molar-refractivity contribution is 7.73. The first-order valence-electron chi connectivity index (χ1n) is 7.04. The Morgan fingerprint density at radius 2 is 2.14 bits per heavy atom. The third kappa shape index (κ3) is 3.68. The molecule has 7 heteroatoms. The molecule has 1 saturated heterocycles. The number of nitrogens with zero attached hydrogens (tertiary/aromatic N) is 2. The Balaban J connectivity index is 1.72. The molecule has 0 saturated carbocycles. The number of aromatic nitrogens is 2. The second-order valence-electron chi connectivity index (χ2n) is 5.13. The van der Waals surface area contributed by atoms with E-state index in [4.69, 9.17) is 17.0 Å². The second kappa shape index (κ2) is 6.65. The minimum atomic E-state index is 0.810. The lowest BCUT2D eigenvalue weighted by molar-refractivity contribution is -0.930. The lowest BCUT2D eigenvalue weighted by Crippen LogP contribution is -3.13. The van der Waals surface area contributed by atoms with Crippen molar-refractivity contribution in [1.82, 2.24) is 9.78 Å². The van der Waals surface area contributed by atoms with Gasteiger partial charge in [-0.3, -0.25) is 0 Å². The van der Waals surface area contributed by atoms with E-state index in [2.05, 4.69) is 29.5 Å². The summed E-state index contributed by atoms with van der Waals surface area (Å²) in [5.74, 6) is 0. The summed E-state index contributed by atoms with van der Waals surface area (Å²) in [6, 6.07) is 8.18. The maximum absolute atomic E-state index is 5.42. The molecule has 2 heterocycles. The number of anilines is 2. The summed E-state index contributed by atoms with van der Waals surface area (Å²) in [6.45, 7) is 6.56. The Labute approximate surface area is 133 Å². The van der Waals surface area contributed by atoms with E-state index in [0.29, 0.717) is 0 Å². The fourth-order valence-corrected chi connectivity index (χ4v) is 3.33. The van der Waals surface area contributed by atoms with Crippen molar-refractivity contribution < 1.29 is 9.64 Å². The van der Waals surface area contributed by atoms with E-state index in [-0.39, 0.29) is 0 Å². The van der Waals surface area contributed by atoms with Crippen LogP contribution in [0.3, 0.4) is 0 Å². The van der Waals surface area contributed by atoms with Crippen molar-refractivity contribution in [3.8, 4) is 0 Å². The van der Waals surface area contributed by atoms with Gasteiger partial charge in [0.2, 0.25) is 5.13 Å². The number of ether oxygens (including phenoxy) is 1. The van der Waals surface area contributed by atoms with Gasteiger partial charge in [-0.15, -0.1) is 5.10 Å². The summed E-state index contributed by atoms with van der Waals surface area (Å²) < 4.78 is 8.11. The summed E-state index contributed by atoms with van der Waals surface area (Å²) in [5.41, 5.74) is 2.27. The molecule has 21 heavy (non-hydrogen) atoms. The van der Waals surface area contributed by atoms with Gasteiger partial charge in [-0.2, -0.15) is 4.68 Å². The predicted molar refractivity (Wildman–Crippen MR) is 86.9 cm³/mol. The van der Waals surface area contributed by atoms with Crippen molar-refractivity contribution in [3.63, 3.8) is 0 Å².